The Bertz CT molecular complexity index is 954. The molecule has 0 bridgehead atoms. The van der Waals surface area contributed by atoms with Gasteiger partial charge >= 0.3 is 0 Å². The lowest BCUT2D eigenvalue weighted by atomic mass is 10.1. The number of nitrogens with one attached hydrogen (secondary N) is 2. The highest BCUT2D eigenvalue weighted by Gasteiger charge is 2.17. The Kier molecular flexibility index (Phi) is 4.48. The van der Waals surface area contributed by atoms with Crippen LogP contribution >= 0.6 is 11.8 Å². The highest BCUT2D eigenvalue weighted by atomic mass is 32.2. The predicted molar refractivity (Wildman–Crippen MR) is 94.6 cm³/mol. The molecule has 1 aromatic heterocycles. The van der Waals surface area contributed by atoms with Crippen molar-refractivity contribution in [2.75, 3.05) is 11.6 Å². The van der Waals surface area contributed by atoms with E-state index in [9.17, 15) is 14.9 Å². The second-order valence-electron chi connectivity index (χ2n) is 5.08. The van der Waals surface area contributed by atoms with Crippen molar-refractivity contribution in [2.24, 2.45) is 0 Å². The van der Waals surface area contributed by atoms with Gasteiger partial charge in [-0.15, -0.1) is 11.8 Å². The van der Waals surface area contributed by atoms with Gasteiger partial charge in [-0.05, 0) is 30.0 Å². The number of benzene rings is 2. The lowest BCUT2D eigenvalue weighted by Crippen LogP contribution is -2.08. The van der Waals surface area contributed by atoms with Crippen LogP contribution in [0.15, 0.2) is 52.4 Å². The Morgan fingerprint density at radius 2 is 2.04 bits per heavy atom. The number of H-pyrrole nitrogens is 1. The van der Waals surface area contributed by atoms with Crippen LogP contribution < -0.4 is 10.9 Å². The molecule has 0 fully saturated rings. The number of nitro benzene ring substituents is 1. The molecule has 3 rings (SSSR count). The van der Waals surface area contributed by atoms with E-state index in [1.165, 1.54) is 18.5 Å². The molecule has 0 amide bonds. The molecule has 0 saturated carbocycles. The number of aromatic amines is 1. The third-order valence-corrected chi connectivity index (χ3v) is 4.34. The summed E-state index contributed by atoms with van der Waals surface area (Å²) >= 11 is 1.65. The summed E-state index contributed by atoms with van der Waals surface area (Å²) in [7, 11) is 0. The van der Waals surface area contributed by atoms with Crippen molar-refractivity contribution >= 4 is 34.0 Å². The second-order valence-corrected chi connectivity index (χ2v) is 5.96. The van der Waals surface area contributed by atoms with E-state index in [-0.39, 0.29) is 11.1 Å². The van der Waals surface area contributed by atoms with Crippen LogP contribution in [0.3, 0.4) is 0 Å². The lowest BCUT2D eigenvalue weighted by Gasteiger charge is -2.09. The number of hydrogen-bond acceptors (Lipinski definition) is 6. The molecule has 0 aliphatic carbocycles. The van der Waals surface area contributed by atoms with Crippen molar-refractivity contribution in [1.29, 1.82) is 0 Å². The molecule has 122 valence electrons. The molecule has 0 unspecified atom stereocenters. The minimum Gasteiger partial charge on any atom is -0.375 e. The van der Waals surface area contributed by atoms with Crippen molar-refractivity contribution in [3.05, 3.63) is 68.8 Å². The average molecular weight is 342 g/mol. The molecule has 0 spiro atoms. The van der Waals surface area contributed by atoms with Crippen LogP contribution in [0.5, 0.6) is 0 Å². The molecule has 8 heteroatoms. The normalized spacial score (nSPS) is 10.7. The van der Waals surface area contributed by atoms with E-state index in [4.69, 9.17) is 0 Å². The van der Waals surface area contributed by atoms with Gasteiger partial charge in [-0.2, -0.15) is 0 Å². The number of anilines is 1. The number of rotatable bonds is 5. The zero-order chi connectivity index (χ0) is 17.1. The number of thioether (sulfide) groups is 1. The fraction of sp³-hybridized carbons (Fsp3) is 0.125. The topological polar surface area (TPSA) is 101 Å². The van der Waals surface area contributed by atoms with Crippen LogP contribution in [0, 0.1) is 10.1 Å². The van der Waals surface area contributed by atoms with E-state index in [2.05, 4.69) is 15.3 Å². The largest absolute Gasteiger partial charge is 0.375 e. The van der Waals surface area contributed by atoms with E-state index in [0.29, 0.717) is 17.7 Å². The first-order chi connectivity index (χ1) is 11.6. The highest BCUT2D eigenvalue weighted by Crippen LogP contribution is 2.28. The Morgan fingerprint density at radius 1 is 1.29 bits per heavy atom. The van der Waals surface area contributed by atoms with Gasteiger partial charge in [-0.3, -0.25) is 14.9 Å². The van der Waals surface area contributed by atoms with Crippen LogP contribution in [-0.4, -0.2) is 21.1 Å². The van der Waals surface area contributed by atoms with Gasteiger partial charge < -0.3 is 10.3 Å². The smallest absolute Gasteiger partial charge is 0.293 e. The summed E-state index contributed by atoms with van der Waals surface area (Å²) in [5, 5.41) is 14.6. The number of nitrogens with zero attached hydrogens (tertiary/aromatic N) is 2. The minimum atomic E-state index is -0.509. The molecule has 24 heavy (non-hydrogen) atoms. The van der Waals surface area contributed by atoms with E-state index in [1.54, 1.807) is 11.8 Å². The molecule has 0 saturated heterocycles. The van der Waals surface area contributed by atoms with Crippen molar-refractivity contribution in [2.45, 2.75) is 11.4 Å². The summed E-state index contributed by atoms with van der Waals surface area (Å²) in [5.74, 6) is 0. The van der Waals surface area contributed by atoms with Gasteiger partial charge in [-0.1, -0.05) is 12.1 Å². The summed E-state index contributed by atoms with van der Waals surface area (Å²) in [6.07, 6.45) is 3.28. The zero-order valence-corrected chi connectivity index (χ0v) is 13.6. The first-order valence-corrected chi connectivity index (χ1v) is 8.33. The average Bonchev–Trinajstić information content (AvgIpc) is 2.60. The molecule has 1 heterocycles. The van der Waals surface area contributed by atoms with Crippen molar-refractivity contribution in [1.82, 2.24) is 9.97 Å². The molecule has 2 N–H and O–H groups in total. The van der Waals surface area contributed by atoms with Crippen molar-refractivity contribution in [3.8, 4) is 0 Å². The molecule has 2 aromatic carbocycles. The maximum atomic E-state index is 11.8. The minimum absolute atomic E-state index is 0.151. The summed E-state index contributed by atoms with van der Waals surface area (Å²) < 4.78 is 0. The van der Waals surface area contributed by atoms with Gasteiger partial charge in [0.15, 0.2) is 0 Å². The maximum Gasteiger partial charge on any atom is 0.293 e. The van der Waals surface area contributed by atoms with Gasteiger partial charge in [0.1, 0.15) is 5.69 Å². The first-order valence-electron chi connectivity index (χ1n) is 7.11. The molecular formula is C16H14N4O3S. The third kappa shape index (κ3) is 3.23. The number of fused-ring (bicyclic) bond motifs is 1. The number of hydrogen-bond donors (Lipinski definition) is 2. The predicted octanol–water partition coefficient (Wildman–Crippen LogP) is 3.17. The van der Waals surface area contributed by atoms with Gasteiger partial charge in [-0.25, -0.2) is 4.98 Å². The van der Waals surface area contributed by atoms with Crippen molar-refractivity contribution < 1.29 is 4.92 Å². The van der Waals surface area contributed by atoms with Crippen LogP contribution in [-0.2, 0) is 6.54 Å². The Balaban J connectivity index is 1.93. The quantitative estimate of drug-likeness (QED) is 0.419. The maximum absolute atomic E-state index is 11.8. The van der Waals surface area contributed by atoms with E-state index in [1.807, 2.05) is 30.5 Å². The highest BCUT2D eigenvalue weighted by molar-refractivity contribution is 7.98. The third-order valence-electron chi connectivity index (χ3n) is 3.60. The molecule has 7 nitrogen and oxygen atoms in total. The molecule has 0 aliphatic rings. The van der Waals surface area contributed by atoms with E-state index in [0.717, 1.165) is 10.5 Å². The lowest BCUT2D eigenvalue weighted by molar-refractivity contribution is -0.383. The summed E-state index contributed by atoms with van der Waals surface area (Å²) in [5.41, 5.74) is 1.19. The fourth-order valence-corrected chi connectivity index (χ4v) is 2.75. The second kappa shape index (κ2) is 6.71. The monoisotopic (exact) mass is 342 g/mol. The summed E-state index contributed by atoms with van der Waals surface area (Å²) in [6.45, 7) is 0.435. The van der Waals surface area contributed by atoms with E-state index >= 15 is 0 Å². The van der Waals surface area contributed by atoms with Gasteiger partial charge in [0.05, 0.1) is 22.2 Å². The molecule has 3 aromatic rings. The van der Waals surface area contributed by atoms with Crippen molar-refractivity contribution in [3.63, 3.8) is 0 Å². The molecule has 0 radical (unpaired) electrons. The van der Waals surface area contributed by atoms with Crippen LogP contribution in [0.1, 0.15) is 5.56 Å². The SMILES string of the molecule is CSc1ccc(CNc2cc3nc[nH]c(=O)c3cc2[N+](=O)[O-])cc1. The van der Waals surface area contributed by atoms with Crippen LogP contribution in [0.4, 0.5) is 11.4 Å². The summed E-state index contributed by atoms with van der Waals surface area (Å²) in [6, 6.07) is 10.7. The van der Waals surface area contributed by atoms with Gasteiger partial charge in [0.25, 0.3) is 11.2 Å². The zero-order valence-electron chi connectivity index (χ0n) is 12.8. The first kappa shape index (κ1) is 16.0. The molecule has 0 atom stereocenters. The number of nitro groups is 1. The van der Waals surface area contributed by atoms with E-state index < -0.39 is 10.5 Å². The van der Waals surface area contributed by atoms with Gasteiger partial charge in [0, 0.05) is 17.5 Å². The number of aromatic nitrogens is 2. The Morgan fingerprint density at radius 3 is 2.71 bits per heavy atom. The Hall–Kier alpha value is -2.87. The van der Waals surface area contributed by atoms with Crippen LogP contribution in [0.2, 0.25) is 0 Å². The molecular weight excluding hydrogens is 328 g/mol. The standard InChI is InChI=1S/C16H14N4O3S/c1-24-11-4-2-10(3-5-11)8-17-14-7-13-12(6-15(14)20(22)23)16(21)19-9-18-13/h2-7,9,17H,8H2,1H3,(H,18,19,21). The van der Waals surface area contributed by atoms with Gasteiger partial charge in [0.2, 0.25) is 0 Å². The summed E-state index contributed by atoms with van der Waals surface area (Å²) in [4.78, 5) is 30.2. The molecule has 0 aliphatic heterocycles. The fourth-order valence-electron chi connectivity index (χ4n) is 2.34. The Labute approximate surface area is 141 Å². The van der Waals surface area contributed by atoms with Crippen LogP contribution in [0.25, 0.3) is 10.9 Å².